The molecule has 0 saturated carbocycles. The first-order valence-corrected chi connectivity index (χ1v) is 8.08. The molecule has 2 heterocycles. The third-order valence-electron chi connectivity index (χ3n) is 2.85. The number of carbonyl (C=O) groups excluding carboxylic acids is 1. The zero-order valence-corrected chi connectivity index (χ0v) is 13.4. The quantitative estimate of drug-likeness (QED) is 0.833. The van der Waals surface area contributed by atoms with Crippen LogP contribution in [0.4, 0.5) is 0 Å². The minimum absolute atomic E-state index is 0.196. The number of aromatic nitrogens is 1. The number of methoxy groups -OCH3 is 1. The maximum atomic E-state index is 11.2. The summed E-state index contributed by atoms with van der Waals surface area (Å²) in [7, 11) is 1.41. The van der Waals surface area contributed by atoms with Gasteiger partial charge in [0.05, 0.1) is 19.6 Å². The summed E-state index contributed by atoms with van der Waals surface area (Å²) >= 11 is 3.32. The second-order valence-corrected chi connectivity index (χ2v) is 6.69. The molecule has 6 heteroatoms. The van der Waals surface area contributed by atoms with Crippen molar-refractivity contribution in [3.63, 3.8) is 0 Å². The number of hydrogen-bond acceptors (Lipinski definition) is 6. The topological polar surface area (TPSA) is 51.2 Å². The Kier molecular flexibility index (Phi) is 5.28. The maximum Gasteiger partial charge on any atom is 0.310 e. The lowest BCUT2D eigenvalue weighted by molar-refractivity contribution is -0.139. The van der Waals surface area contributed by atoms with Crippen molar-refractivity contribution in [2.45, 2.75) is 32.9 Å². The number of hydrogen-bond donors (Lipinski definition) is 1. The average molecular weight is 310 g/mol. The van der Waals surface area contributed by atoms with Gasteiger partial charge in [0, 0.05) is 27.4 Å². The summed E-state index contributed by atoms with van der Waals surface area (Å²) < 4.78 is 4.67. The van der Waals surface area contributed by atoms with Crippen LogP contribution in [0, 0.1) is 6.92 Å². The first-order chi connectivity index (χ1) is 9.58. The summed E-state index contributed by atoms with van der Waals surface area (Å²) in [5, 5.41) is 6.62. The van der Waals surface area contributed by atoms with Crippen LogP contribution < -0.4 is 5.32 Å². The molecule has 0 amide bonds. The summed E-state index contributed by atoms with van der Waals surface area (Å²) in [6.07, 6.45) is 0.350. The molecule has 2 aromatic heterocycles. The number of thiazole rings is 1. The predicted molar refractivity (Wildman–Crippen MR) is 82.1 cm³/mol. The van der Waals surface area contributed by atoms with E-state index < -0.39 is 0 Å². The van der Waals surface area contributed by atoms with Gasteiger partial charge in [0.1, 0.15) is 5.01 Å². The van der Waals surface area contributed by atoms with Gasteiger partial charge in [-0.15, -0.1) is 22.7 Å². The number of ether oxygens (including phenoxy) is 1. The van der Waals surface area contributed by atoms with Gasteiger partial charge in [0.15, 0.2) is 0 Å². The largest absolute Gasteiger partial charge is 0.469 e. The van der Waals surface area contributed by atoms with Gasteiger partial charge in [0.2, 0.25) is 0 Å². The zero-order valence-electron chi connectivity index (χ0n) is 11.8. The molecule has 0 aromatic carbocycles. The van der Waals surface area contributed by atoms with Gasteiger partial charge >= 0.3 is 5.97 Å². The normalized spacial score (nSPS) is 12.3. The minimum atomic E-state index is -0.196. The van der Waals surface area contributed by atoms with E-state index in [0.717, 1.165) is 22.1 Å². The molecule has 108 valence electrons. The highest BCUT2D eigenvalue weighted by Crippen LogP contribution is 2.21. The van der Waals surface area contributed by atoms with E-state index in [1.807, 2.05) is 13.0 Å². The van der Waals surface area contributed by atoms with Gasteiger partial charge < -0.3 is 10.1 Å². The molecule has 0 fully saturated rings. The molecule has 2 rings (SSSR count). The van der Waals surface area contributed by atoms with Crippen molar-refractivity contribution in [2.24, 2.45) is 0 Å². The molecular weight excluding hydrogens is 292 g/mol. The number of rotatable bonds is 6. The van der Waals surface area contributed by atoms with Gasteiger partial charge in [-0.1, -0.05) is 0 Å². The van der Waals surface area contributed by atoms with E-state index in [4.69, 9.17) is 0 Å². The third-order valence-corrected chi connectivity index (χ3v) is 5.08. The molecule has 0 radical (unpaired) electrons. The molecule has 1 unspecified atom stereocenters. The van der Waals surface area contributed by atoms with E-state index in [-0.39, 0.29) is 12.0 Å². The van der Waals surface area contributed by atoms with Gasteiger partial charge in [-0.05, 0) is 26.0 Å². The Morgan fingerprint density at radius 3 is 2.85 bits per heavy atom. The summed E-state index contributed by atoms with van der Waals surface area (Å²) in [6, 6.07) is 4.27. The van der Waals surface area contributed by atoms with Crippen LogP contribution in [0.2, 0.25) is 0 Å². The Bertz CT molecular complexity index is 577. The third kappa shape index (κ3) is 4.13. The fourth-order valence-corrected chi connectivity index (χ4v) is 3.52. The lowest BCUT2D eigenvalue weighted by Gasteiger charge is -2.09. The van der Waals surface area contributed by atoms with Crippen molar-refractivity contribution in [3.05, 3.63) is 38.0 Å². The lowest BCUT2D eigenvalue weighted by atomic mass is 10.3. The second kappa shape index (κ2) is 6.97. The van der Waals surface area contributed by atoms with Crippen LogP contribution in [0.25, 0.3) is 0 Å². The number of aryl methyl sites for hydroxylation is 1. The Hall–Kier alpha value is -1.24. The van der Waals surface area contributed by atoms with Crippen LogP contribution in [0.5, 0.6) is 0 Å². The first kappa shape index (κ1) is 15.2. The lowest BCUT2D eigenvalue weighted by Crippen LogP contribution is -2.17. The number of nitrogens with zero attached hydrogens (tertiary/aromatic N) is 1. The number of carbonyl (C=O) groups is 1. The number of nitrogens with one attached hydrogen (secondary N) is 1. The molecule has 0 bridgehead atoms. The molecule has 0 aliphatic heterocycles. The van der Waals surface area contributed by atoms with Gasteiger partial charge in [-0.2, -0.15) is 0 Å². The van der Waals surface area contributed by atoms with Crippen LogP contribution in [-0.4, -0.2) is 18.1 Å². The summed E-state index contributed by atoms with van der Waals surface area (Å²) in [5.74, 6) is -0.196. The van der Waals surface area contributed by atoms with Crippen LogP contribution in [0.1, 0.15) is 33.4 Å². The zero-order chi connectivity index (χ0) is 14.5. The second-order valence-electron chi connectivity index (χ2n) is 4.55. The maximum absolute atomic E-state index is 11.2. The molecule has 1 atom stereocenters. The molecule has 0 aliphatic carbocycles. The van der Waals surface area contributed by atoms with Crippen LogP contribution >= 0.6 is 22.7 Å². The molecule has 0 aliphatic rings. The van der Waals surface area contributed by atoms with E-state index in [1.165, 1.54) is 12.0 Å². The van der Waals surface area contributed by atoms with Crippen molar-refractivity contribution in [2.75, 3.05) is 7.11 Å². The van der Waals surface area contributed by atoms with Crippen LogP contribution in [-0.2, 0) is 22.5 Å². The highest BCUT2D eigenvalue weighted by molar-refractivity contribution is 7.12. The van der Waals surface area contributed by atoms with Crippen molar-refractivity contribution >= 4 is 28.6 Å². The minimum Gasteiger partial charge on any atom is -0.469 e. The Morgan fingerprint density at radius 1 is 1.45 bits per heavy atom. The Labute approximate surface area is 126 Å². The highest BCUT2D eigenvalue weighted by atomic mass is 32.1. The van der Waals surface area contributed by atoms with E-state index >= 15 is 0 Å². The number of thiophene rings is 1. The molecule has 2 aromatic rings. The van der Waals surface area contributed by atoms with Crippen molar-refractivity contribution in [3.8, 4) is 0 Å². The smallest absolute Gasteiger partial charge is 0.310 e. The number of esters is 1. The molecule has 0 spiro atoms. The van der Waals surface area contributed by atoms with Crippen LogP contribution in [0.15, 0.2) is 17.5 Å². The Balaban J connectivity index is 1.86. The Morgan fingerprint density at radius 2 is 2.20 bits per heavy atom. The predicted octanol–water partition coefficient (Wildman–Crippen LogP) is 3.08. The molecule has 4 nitrogen and oxygen atoms in total. The summed E-state index contributed by atoms with van der Waals surface area (Å²) in [6.45, 7) is 4.90. The standard InChI is InChI=1S/C14H18N2O2S2/c1-9-8-19-14(16-9)10(2)15-7-12-5-4-11(20-12)6-13(17)18-3/h4-5,8,10,15H,6-7H2,1-3H3. The summed E-state index contributed by atoms with van der Waals surface area (Å²) in [4.78, 5) is 17.9. The summed E-state index contributed by atoms with van der Waals surface area (Å²) in [5.41, 5.74) is 1.06. The molecule has 20 heavy (non-hydrogen) atoms. The highest BCUT2D eigenvalue weighted by Gasteiger charge is 2.10. The van der Waals surface area contributed by atoms with E-state index in [2.05, 4.69) is 33.4 Å². The average Bonchev–Trinajstić information content (AvgIpc) is 3.05. The van der Waals surface area contributed by atoms with Crippen LogP contribution in [0.3, 0.4) is 0 Å². The monoisotopic (exact) mass is 310 g/mol. The fraction of sp³-hybridized carbons (Fsp3) is 0.429. The van der Waals surface area contributed by atoms with E-state index in [9.17, 15) is 4.79 Å². The van der Waals surface area contributed by atoms with Crippen molar-refractivity contribution in [1.82, 2.24) is 10.3 Å². The van der Waals surface area contributed by atoms with Crippen molar-refractivity contribution in [1.29, 1.82) is 0 Å². The molecular formula is C14H18N2O2S2. The van der Waals surface area contributed by atoms with E-state index in [0.29, 0.717) is 6.42 Å². The van der Waals surface area contributed by atoms with Gasteiger partial charge in [-0.25, -0.2) is 4.98 Å². The van der Waals surface area contributed by atoms with Gasteiger partial charge in [0.25, 0.3) is 0 Å². The first-order valence-electron chi connectivity index (χ1n) is 6.38. The molecule has 1 N–H and O–H groups in total. The van der Waals surface area contributed by atoms with E-state index in [1.54, 1.807) is 22.7 Å². The van der Waals surface area contributed by atoms with Gasteiger partial charge in [-0.3, -0.25) is 4.79 Å². The molecule has 0 saturated heterocycles. The SMILES string of the molecule is COC(=O)Cc1ccc(CNC(C)c2nc(C)cs2)s1. The van der Waals surface area contributed by atoms with Crippen molar-refractivity contribution < 1.29 is 9.53 Å². The fourth-order valence-electron chi connectivity index (χ4n) is 1.74.